The van der Waals surface area contributed by atoms with Crippen LogP contribution in [0.3, 0.4) is 0 Å². The summed E-state index contributed by atoms with van der Waals surface area (Å²) in [7, 11) is 0. The lowest BCUT2D eigenvalue weighted by Crippen LogP contribution is -2.42. The van der Waals surface area contributed by atoms with Crippen LogP contribution in [0.15, 0.2) is 54.9 Å². The first-order chi connectivity index (χ1) is 13.5. The minimum atomic E-state index is -0.185. The molecule has 1 aromatic carbocycles. The monoisotopic (exact) mass is 376 g/mol. The van der Waals surface area contributed by atoms with Crippen LogP contribution < -0.4 is 5.32 Å². The first kappa shape index (κ1) is 19.5. The Morgan fingerprint density at radius 2 is 1.82 bits per heavy atom. The van der Waals surface area contributed by atoms with Crippen molar-refractivity contribution < 1.29 is 9.59 Å². The molecule has 2 heterocycles. The number of amides is 2. The normalized spacial score (nSPS) is 10.9. The quantitative estimate of drug-likeness (QED) is 0.716. The summed E-state index contributed by atoms with van der Waals surface area (Å²) in [6, 6.07) is 13.1. The molecule has 0 saturated heterocycles. The molecule has 3 aromatic rings. The first-order valence-electron chi connectivity index (χ1n) is 9.38. The molecule has 0 fully saturated rings. The van der Waals surface area contributed by atoms with E-state index in [2.05, 4.69) is 10.3 Å². The van der Waals surface area contributed by atoms with Crippen molar-refractivity contribution >= 4 is 22.7 Å². The van der Waals surface area contributed by atoms with Gasteiger partial charge in [-0.05, 0) is 45.0 Å². The second-order valence-electron chi connectivity index (χ2n) is 6.85. The van der Waals surface area contributed by atoms with Crippen molar-refractivity contribution in [3.63, 3.8) is 0 Å². The number of likely N-dealkylation sites (N-methyl/N-ethyl adjacent to an activating group) is 1. The minimum absolute atomic E-state index is 0.0226. The van der Waals surface area contributed by atoms with Gasteiger partial charge in [-0.2, -0.15) is 0 Å². The number of carbonyl (C=O) groups is 2. The Hall–Kier alpha value is -3.28. The predicted octanol–water partition coefficient (Wildman–Crippen LogP) is 3.28. The molecule has 28 heavy (non-hydrogen) atoms. The van der Waals surface area contributed by atoms with Crippen molar-refractivity contribution in [3.8, 4) is 11.3 Å². The Labute approximate surface area is 164 Å². The molecule has 0 aliphatic rings. The molecule has 1 N–H and O–H groups in total. The van der Waals surface area contributed by atoms with E-state index in [-0.39, 0.29) is 24.4 Å². The van der Waals surface area contributed by atoms with Gasteiger partial charge in [-0.15, -0.1) is 0 Å². The van der Waals surface area contributed by atoms with Gasteiger partial charge in [-0.1, -0.05) is 18.2 Å². The van der Waals surface area contributed by atoms with Crippen molar-refractivity contribution in [2.75, 3.05) is 13.1 Å². The third-order valence-electron chi connectivity index (χ3n) is 4.38. The lowest BCUT2D eigenvalue weighted by Gasteiger charge is -2.22. The molecule has 144 valence electrons. The smallest absolute Gasteiger partial charge is 0.255 e. The summed E-state index contributed by atoms with van der Waals surface area (Å²) in [5.41, 5.74) is 2.86. The summed E-state index contributed by atoms with van der Waals surface area (Å²) in [6.45, 7) is 6.12. The summed E-state index contributed by atoms with van der Waals surface area (Å²) in [5, 5.41) is 3.61. The molecule has 0 aliphatic carbocycles. The number of hydrogen-bond donors (Lipinski definition) is 1. The van der Waals surface area contributed by atoms with Crippen LogP contribution in [0.2, 0.25) is 0 Å². The number of pyridine rings is 2. The van der Waals surface area contributed by atoms with Crippen molar-refractivity contribution in [1.29, 1.82) is 0 Å². The number of aromatic nitrogens is 2. The van der Waals surface area contributed by atoms with Crippen LogP contribution in [0.4, 0.5) is 0 Å². The van der Waals surface area contributed by atoms with E-state index in [1.807, 2.05) is 57.2 Å². The van der Waals surface area contributed by atoms with Gasteiger partial charge in [0.05, 0.1) is 23.3 Å². The van der Waals surface area contributed by atoms with E-state index < -0.39 is 0 Å². The molecule has 2 amide bonds. The van der Waals surface area contributed by atoms with Crippen molar-refractivity contribution in [2.24, 2.45) is 0 Å². The molecule has 0 aliphatic heterocycles. The summed E-state index contributed by atoms with van der Waals surface area (Å²) in [4.78, 5) is 35.8. The van der Waals surface area contributed by atoms with Gasteiger partial charge < -0.3 is 10.2 Å². The van der Waals surface area contributed by atoms with Crippen LogP contribution in [-0.2, 0) is 4.79 Å². The van der Waals surface area contributed by atoms with Crippen molar-refractivity contribution in [2.45, 2.75) is 26.8 Å². The SMILES string of the molecule is CCN(CC(=O)NC(C)C)C(=O)c1cc(-c2ccncc2)nc2ccccc12. The van der Waals surface area contributed by atoms with Crippen molar-refractivity contribution in [1.82, 2.24) is 20.2 Å². The number of nitrogens with zero attached hydrogens (tertiary/aromatic N) is 3. The highest BCUT2D eigenvalue weighted by atomic mass is 16.2. The minimum Gasteiger partial charge on any atom is -0.352 e. The standard InChI is InChI=1S/C22H24N4O2/c1-4-26(14-21(27)24-15(2)3)22(28)18-13-20(16-9-11-23-12-10-16)25-19-8-6-5-7-17(18)19/h5-13,15H,4,14H2,1-3H3,(H,24,27). The Bertz CT molecular complexity index is 986. The lowest BCUT2D eigenvalue weighted by molar-refractivity contribution is -0.122. The largest absolute Gasteiger partial charge is 0.352 e. The zero-order chi connectivity index (χ0) is 20.1. The Balaban J connectivity index is 2.02. The molecule has 0 unspecified atom stereocenters. The number of fused-ring (bicyclic) bond motifs is 1. The maximum Gasteiger partial charge on any atom is 0.255 e. The predicted molar refractivity (Wildman–Crippen MR) is 110 cm³/mol. The topological polar surface area (TPSA) is 75.2 Å². The van der Waals surface area contributed by atoms with Gasteiger partial charge in [-0.3, -0.25) is 14.6 Å². The second kappa shape index (κ2) is 8.61. The molecule has 0 bridgehead atoms. The molecule has 3 rings (SSSR count). The third-order valence-corrected chi connectivity index (χ3v) is 4.38. The molecular formula is C22H24N4O2. The van der Waals surface area contributed by atoms with Crippen LogP contribution in [-0.4, -0.2) is 45.8 Å². The zero-order valence-electron chi connectivity index (χ0n) is 16.3. The molecule has 0 spiro atoms. The number of para-hydroxylation sites is 1. The van der Waals surface area contributed by atoms with Crippen LogP contribution in [0, 0.1) is 0 Å². The summed E-state index contributed by atoms with van der Waals surface area (Å²) in [6.07, 6.45) is 3.39. The van der Waals surface area contributed by atoms with E-state index in [1.165, 1.54) is 0 Å². The second-order valence-corrected chi connectivity index (χ2v) is 6.85. The molecule has 6 nitrogen and oxygen atoms in total. The summed E-state index contributed by atoms with van der Waals surface area (Å²) >= 11 is 0. The average Bonchev–Trinajstić information content (AvgIpc) is 2.70. The lowest BCUT2D eigenvalue weighted by atomic mass is 10.0. The maximum absolute atomic E-state index is 13.3. The molecule has 0 radical (unpaired) electrons. The first-order valence-corrected chi connectivity index (χ1v) is 9.38. The molecule has 2 aromatic heterocycles. The third kappa shape index (κ3) is 4.34. The highest BCUT2D eigenvalue weighted by molar-refractivity contribution is 6.08. The van der Waals surface area contributed by atoms with Gasteiger partial charge in [0, 0.05) is 35.9 Å². The molecule has 0 atom stereocenters. The summed E-state index contributed by atoms with van der Waals surface area (Å²) in [5.74, 6) is -0.353. The van der Waals surface area contributed by atoms with E-state index in [0.29, 0.717) is 17.8 Å². The fourth-order valence-corrected chi connectivity index (χ4v) is 3.06. The Morgan fingerprint density at radius 1 is 1.11 bits per heavy atom. The van der Waals surface area contributed by atoms with E-state index in [1.54, 1.807) is 23.4 Å². The molecular weight excluding hydrogens is 352 g/mol. The summed E-state index contributed by atoms with van der Waals surface area (Å²) < 4.78 is 0. The van der Waals surface area contributed by atoms with E-state index >= 15 is 0 Å². The van der Waals surface area contributed by atoms with E-state index in [9.17, 15) is 9.59 Å². The van der Waals surface area contributed by atoms with Crippen LogP contribution in [0.5, 0.6) is 0 Å². The fraction of sp³-hybridized carbons (Fsp3) is 0.273. The van der Waals surface area contributed by atoms with E-state index in [4.69, 9.17) is 4.98 Å². The van der Waals surface area contributed by atoms with Crippen molar-refractivity contribution in [3.05, 3.63) is 60.4 Å². The number of rotatable bonds is 6. The highest BCUT2D eigenvalue weighted by Crippen LogP contribution is 2.25. The van der Waals surface area contributed by atoms with E-state index in [0.717, 1.165) is 16.5 Å². The van der Waals surface area contributed by atoms with Gasteiger partial charge >= 0.3 is 0 Å². The van der Waals surface area contributed by atoms with Gasteiger partial charge in [-0.25, -0.2) is 4.98 Å². The van der Waals surface area contributed by atoms with Crippen LogP contribution >= 0.6 is 0 Å². The number of carbonyl (C=O) groups excluding carboxylic acids is 2. The number of hydrogen-bond acceptors (Lipinski definition) is 4. The maximum atomic E-state index is 13.3. The fourth-order valence-electron chi connectivity index (χ4n) is 3.06. The van der Waals surface area contributed by atoms with Crippen LogP contribution in [0.25, 0.3) is 22.2 Å². The number of benzene rings is 1. The van der Waals surface area contributed by atoms with Gasteiger partial charge in [0.2, 0.25) is 5.91 Å². The Kier molecular flexibility index (Phi) is 5.99. The van der Waals surface area contributed by atoms with Gasteiger partial charge in [0.1, 0.15) is 0 Å². The van der Waals surface area contributed by atoms with Gasteiger partial charge in [0.25, 0.3) is 5.91 Å². The highest BCUT2D eigenvalue weighted by Gasteiger charge is 2.21. The zero-order valence-corrected chi connectivity index (χ0v) is 16.3. The Morgan fingerprint density at radius 3 is 2.50 bits per heavy atom. The van der Waals surface area contributed by atoms with Gasteiger partial charge in [0.15, 0.2) is 0 Å². The van der Waals surface area contributed by atoms with Crippen LogP contribution in [0.1, 0.15) is 31.1 Å². The number of nitrogens with one attached hydrogen (secondary N) is 1. The average molecular weight is 376 g/mol. The molecule has 6 heteroatoms. The molecule has 0 saturated carbocycles.